The Bertz CT molecular complexity index is 1120. The van der Waals surface area contributed by atoms with Crippen molar-refractivity contribution in [3.63, 3.8) is 0 Å². The molecule has 0 spiro atoms. The molecule has 5 rings (SSSR count). The van der Waals surface area contributed by atoms with Gasteiger partial charge < -0.3 is 15.4 Å². The van der Waals surface area contributed by atoms with Gasteiger partial charge in [-0.15, -0.1) is 0 Å². The first kappa shape index (κ1) is 21.5. The summed E-state index contributed by atoms with van der Waals surface area (Å²) in [6.07, 6.45) is 5.16. The van der Waals surface area contributed by atoms with E-state index in [0.717, 1.165) is 56.2 Å². The Hall–Kier alpha value is -3.32. The third kappa shape index (κ3) is 5.20. The van der Waals surface area contributed by atoms with Gasteiger partial charge >= 0.3 is 5.56 Å². The average molecular weight is 446 g/mol. The monoisotopic (exact) mass is 445 g/mol. The third-order valence-electron chi connectivity index (χ3n) is 6.49. The standard InChI is InChI=1S/C26H31N5O2/c27-22-10-8-20(9-11-22)12-13-29-14-16-30(17-15-29)24-18-28-31(23-4-2-1-3-5-23)26(32)25(24)33-19-21-6-7-21/h1-5,8-11,18,21H,6-7,12-17,19,27H2. The minimum atomic E-state index is -0.190. The number of hydrogen-bond acceptors (Lipinski definition) is 6. The average Bonchev–Trinajstić information content (AvgIpc) is 3.68. The molecule has 1 saturated carbocycles. The highest BCUT2D eigenvalue weighted by Crippen LogP contribution is 2.31. The smallest absolute Gasteiger partial charge is 0.316 e. The second-order valence-corrected chi connectivity index (χ2v) is 8.99. The fourth-order valence-corrected chi connectivity index (χ4v) is 4.21. The van der Waals surface area contributed by atoms with Gasteiger partial charge in [0.1, 0.15) is 5.69 Å². The molecule has 0 amide bonds. The van der Waals surface area contributed by atoms with Crippen molar-refractivity contribution in [2.24, 2.45) is 5.92 Å². The van der Waals surface area contributed by atoms with Crippen molar-refractivity contribution in [2.75, 3.05) is 50.0 Å². The highest BCUT2D eigenvalue weighted by atomic mass is 16.5. The van der Waals surface area contributed by atoms with Crippen LogP contribution < -0.4 is 20.9 Å². The number of benzene rings is 2. The summed E-state index contributed by atoms with van der Waals surface area (Å²) >= 11 is 0. The van der Waals surface area contributed by atoms with Crippen LogP contribution in [0.3, 0.4) is 0 Å². The van der Waals surface area contributed by atoms with Crippen molar-refractivity contribution in [1.82, 2.24) is 14.7 Å². The van der Waals surface area contributed by atoms with Crippen LogP contribution >= 0.6 is 0 Å². The maximum absolute atomic E-state index is 13.3. The highest BCUT2D eigenvalue weighted by Gasteiger charge is 2.26. The molecule has 2 fully saturated rings. The van der Waals surface area contributed by atoms with Crippen LogP contribution in [0.15, 0.2) is 65.6 Å². The van der Waals surface area contributed by atoms with Gasteiger partial charge in [0.15, 0.2) is 0 Å². The molecule has 0 atom stereocenters. The number of anilines is 2. The van der Waals surface area contributed by atoms with Crippen LogP contribution in [0.1, 0.15) is 18.4 Å². The molecule has 1 aromatic heterocycles. The summed E-state index contributed by atoms with van der Waals surface area (Å²) in [6, 6.07) is 17.6. The van der Waals surface area contributed by atoms with E-state index in [2.05, 4.69) is 27.0 Å². The zero-order valence-electron chi connectivity index (χ0n) is 18.9. The van der Waals surface area contributed by atoms with Crippen LogP contribution in [0, 0.1) is 5.92 Å². The summed E-state index contributed by atoms with van der Waals surface area (Å²) in [6.45, 7) is 5.19. The summed E-state index contributed by atoms with van der Waals surface area (Å²) in [5.74, 6) is 0.997. The molecular formula is C26H31N5O2. The Morgan fingerprint density at radius 2 is 1.70 bits per heavy atom. The predicted octanol–water partition coefficient (Wildman–Crippen LogP) is 2.97. The van der Waals surface area contributed by atoms with Crippen molar-refractivity contribution in [1.29, 1.82) is 0 Å². The molecule has 0 unspecified atom stereocenters. The van der Waals surface area contributed by atoms with E-state index in [-0.39, 0.29) is 5.56 Å². The molecule has 33 heavy (non-hydrogen) atoms. The van der Waals surface area contributed by atoms with E-state index >= 15 is 0 Å². The lowest BCUT2D eigenvalue weighted by Gasteiger charge is -2.36. The van der Waals surface area contributed by atoms with Gasteiger partial charge in [-0.3, -0.25) is 9.69 Å². The molecule has 2 heterocycles. The van der Waals surface area contributed by atoms with Gasteiger partial charge in [0.05, 0.1) is 18.5 Å². The molecule has 3 aromatic rings. The summed E-state index contributed by atoms with van der Waals surface area (Å²) < 4.78 is 7.55. The van der Waals surface area contributed by atoms with Gasteiger partial charge in [-0.1, -0.05) is 30.3 Å². The maximum Gasteiger partial charge on any atom is 0.316 e. The van der Waals surface area contributed by atoms with Gasteiger partial charge in [0.25, 0.3) is 0 Å². The van der Waals surface area contributed by atoms with Crippen LogP contribution in [0.5, 0.6) is 5.75 Å². The number of para-hydroxylation sites is 1. The fraction of sp³-hybridized carbons (Fsp3) is 0.385. The van der Waals surface area contributed by atoms with E-state index in [1.54, 1.807) is 6.20 Å². The second-order valence-electron chi connectivity index (χ2n) is 8.99. The number of ether oxygens (including phenoxy) is 1. The zero-order valence-corrected chi connectivity index (χ0v) is 18.9. The second kappa shape index (κ2) is 9.67. The van der Waals surface area contributed by atoms with E-state index in [0.29, 0.717) is 18.3 Å². The van der Waals surface area contributed by atoms with E-state index in [1.165, 1.54) is 23.1 Å². The van der Waals surface area contributed by atoms with Gasteiger partial charge in [-0.2, -0.15) is 9.78 Å². The highest BCUT2D eigenvalue weighted by molar-refractivity contribution is 5.57. The SMILES string of the molecule is Nc1ccc(CCN2CCN(c3cnn(-c4ccccc4)c(=O)c3OCC3CC3)CC2)cc1. The molecule has 2 aromatic carbocycles. The normalized spacial score (nSPS) is 16.7. The molecule has 172 valence electrons. The van der Waals surface area contributed by atoms with E-state index in [9.17, 15) is 4.79 Å². The van der Waals surface area contributed by atoms with Gasteiger partial charge in [-0.25, -0.2) is 0 Å². The Balaban J connectivity index is 1.28. The molecule has 2 aliphatic rings. The van der Waals surface area contributed by atoms with Crippen molar-refractivity contribution in [2.45, 2.75) is 19.3 Å². The Labute approximate surface area is 194 Å². The molecule has 1 aliphatic carbocycles. The largest absolute Gasteiger partial charge is 0.486 e. The number of rotatable bonds is 8. The first-order valence-electron chi connectivity index (χ1n) is 11.8. The van der Waals surface area contributed by atoms with Gasteiger partial charge in [0, 0.05) is 38.4 Å². The molecule has 1 saturated heterocycles. The lowest BCUT2D eigenvalue weighted by molar-refractivity contribution is 0.257. The zero-order chi connectivity index (χ0) is 22.6. The van der Waals surface area contributed by atoms with Crippen molar-refractivity contribution in [3.8, 4) is 11.4 Å². The number of piperazine rings is 1. The first-order valence-corrected chi connectivity index (χ1v) is 11.8. The lowest BCUT2D eigenvalue weighted by atomic mass is 10.1. The van der Waals surface area contributed by atoms with E-state index in [4.69, 9.17) is 10.5 Å². The van der Waals surface area contributed by atoms with Crippen LogP contribution in [0.25, 0.3) is 5.69 Å². The van der Waals surface area contributed by atoms with Crippen LogP contribution in [0.4, 0.5) is 11.4 Å². The minimum Gasteiger partial charge on any atom is -0.486 e. The fourth-order valence-electron chi connectivity index (χ4n) is 4.21. The molecule has 1 aliphatic heterocycles. The van der Waals surface area contributed by atoms with Gasteiger partial charge in [0.2, 0.25) is 5.75 Å². The minimum absolute atomic E-state index is 0.190. The molecule has 7 heteroatoms. The van der Waals surface area contributed by atoms with Crippen molar-refractivity contribution < 1.29 is 4.74 Å². The van der Waals surface area contributed by atoms with E-state index in [1.807, 2.05) is 42.5 Å². The Morgan fingerprint density at radius 3 is 2.39 bits per heavy atom. The van der Waals surface area contributed by atoms with Crippen LogP contribution in [0.2, 0.25) is 0 Å². The number of hydrogen-bond donors (Lipinski definition) is 1. The Morgan fingerprint density at radius 1 is 0.970 bits per heavy atom. The molecular weight excluding hydrogens is 414 g/mol. The quantitative estimate of drug-likeness (QED) is 0.537. The van der Waals surface area contributed by atoms with Crippen LogP contribution in [-0.4, -0.2) is 54.0 Å². The number of aromatic nitrogens is 2. The number of nitrogens with zero attached hydrogens (tertiary/aromatic N) is 4. The van der Waals surface area contributed by atoms with E-state index < -0.39 is 0 Å². The summed E-state index contributed by atoms with van der Waals surface area (Å²) in [5, 5.41) is 4.49. The Kier molecular flexibility index (Phi) is 6.30. The summed E-state index contributed by atoms with van der Waals surface area (Å²) in [7, 11) is 0. The topological polar surface area (TPSA) is 76.6 Å². The van der Waals surface area contributed by atoms with Gasteiger partial charge in [-0.05, 0) is 55.0 Å². The summed E-state index contributed by atoms with van der Waals surface area (Å²) in [5.41, 5.74) is 9.26. The molecule has 0 radical (unpaired) electrons. The number of nitrogens with two attached hydrogens (primary N) is 1. The van der Waals surface area contributed by atoms with Crippen molar-refractivity contribution >= 4 is 11.4 Å². The molecule has 7 nitrogen and oxygen atoms in total. The lowest BCUT2D eigenvalue weighted by Crippen LogP contribution is -2.47. The number of nitrogen functional groups attached to an aromatic ring is 1. The first-order chi connectivity index (χ1) is 16.2. The third-order valence-corrected chi connectivity index (χ3v) is 6.49. The van der Waals surface area contributed by atoms with Crippen LogP contribution in [-0.2, 0) is 6.42 Å². The molecule has 0 bridgehead atoms. The maximum atomic E-state index is 13.3. The van der Waals surface area contributed by atoms with Crippen molar-refractivity contribution in [3.05, 3.63) is 76.7 Å². The molecule has 2 N–H and O–H groups in total. The predicted molar refractivity (Wildman–Crippen MR) is 131 cm³/mol. The summed E-state index contributed by atoms with van der Waals surface area (Å²) in [4.78, 5) is 18.1.